The highest BCUT2D eigenvalue weighted by atomic mass is 16.5. The Hall–Kier alpha value is -3.89. The van der Waals surface area contributed by atoms with Gasteiger partial charge in [0.15, 0.2) is 5.65 Å². The van der Waals surface area contributed by atoms with Gasteiger partial charge in [0, 0.05) is 54.7 Å². The van der Waals surface area contributed by atoms with Crippen molar-refractivity contribution in [1.82, 2.24) is 24.6 Å². The Labute approximate surface area is 202 Å². The molecular weight excluding hydrogens is 446 g/mol. The Morgan fingerprint density at radius 1 is 1.14 bits per heavy atom. The fraction of sp³-hybridized carbons (Fsp3) is 0.320. The Morgan fingerprint density at radius 3 is 2.60 bits per heavy atom. The van der Waals surface area contributed by atoms with Crippen molar-refractivity contribution < 1.29 is 14.6 Å². The van der Waals surface area contributed by atoms with Crippen molar-refractivity contribution >= 4 is 22.9 Å². The number of aromatic nitrogens is 5. The summed E-state index contributed by atoms with van der Waals surface area (Å²) in [4.78, 5) is 28.3. The summed E-state index contributed by atoms with van der Waals surface area (Å²) in [5.41, 5.74) is 3.80. The number of pyridine rings is 2. The maximum atomic E-state index is 12.9. The summed E-state index contributed by atoms with van der Waals surface area (Å²) in [6.45, 7) is 7.97. The van der Waals surface area contributed by atoms with Gasteiger partial charge in [-0.3, -0.25) is 14.8 Å². The molecule has 1 amide bonds. The molecule has 0 aromatic carbocycles. The normalized spacial score (nSPS) is 14.3. The topological polar surface area (TPSA) is 118 Å². The highest BCUT2D eigenvalue weighted by Crippen LogP contribution is 2.34. The number of anilines is 2. The number of hydrogen-bond acceptors (Lipinski definition) is 8. The minimum atomic E-state index is -1.27. The van der Waals surface area contributed by atoms with E-state index >= 15 is 0 Å². The number of aryl methyl sites for hydroxylation is 1. The van der Waals surface area contributed by atoms with Crippen LogP contribution >= 0.6 is 0 Å². The molecule has 1 aliphatic heterocycles. The van der Waals surface area contributed by atoms with Crippen LogP contribution in [-0.2, 0) is 10.3 Å². The largest absolute Gasteiger partial charge is 0.384 e. The minimum absolute atomic E-state index is 0.318. The molecule has 0 radical (unpaired) electrons. The molecule has 0 spiro atoms. The van der Waals surface area contributed by atoms with E-state index < -0.39 is 5.60 Å². The van der Waals surface area contributed by atoms with Gasteiger partial charge in [0.1, 0.15) is 5.60 Å². The molecule has 5 heterocycles. The zero-order valence-corrected chi connectivity index (χ0v) is 19.9. The van der Waals surface area contributed by atoms with Gasteiger partial charge < -0.3 is 20.1 Å². The number of morpholine rings is 1. The van der Waals surface area contributed by atoms with Crippen LogP contribution < -0.4 is 10.2 Å². The van der Waals surface area contributed by atoms with Gasteiger partial charge in [-0.2, -0.15) is 5.10 Å². The molecule has 180 valence electrons. The summed E-state index contributed by atoms with van der Waals surface area (Å²) < 4.78 is 7.27. The second-order valence-corrected chi connectivity index (χ2v) is 8.98. The van der Waals surface area contributed by atoms with E-state index in [4.69, 9.17) is 14.8 Å². The summed E-state index contributed by atoms with van der Waals surface area (Å²) in [6, 6.07) is 7.08. The van der Waals surface area contributed by atoms with E-state index in [0.29, 0.717) is 41.5 Å². The number of imidazole rings is 1. The maximum absolute atomic E-state index is 12.9. The van der Waals surface area contributed by atoms with E-state index in [-0.39, 0.29) is 5.91 Å². The van der Waals surface area contributed by atoms with Crippen molar-refractivity contribution in [3.63, 3.8) is 0 Å². The summed E-state index contributed by atoms with van der Waals surface area (Å²) in [5, 5.41) is 18.5. The van der Waals surface area contributed by atoms with E-state index in [2.05, 4.69) is 20.2 Å². The van der Waals surface area contributed by atoms with Crippen molar-refractivity contribution in [2.24, 2.45) is 0 Å². The lowest BCUT2D eigenvalue weighted by Gasteiger charge is -2.29. The van der Waals surface area contributed by atoms with Crippen LogP contribution in [0.2, 0.25) is 0 Å². The Kier molecular flexibility index (Phi) is 5.91. The Balaban J connectivity index is 1.62. The minimum Gasteiger partial charge on any atom is -0.384 e. The van der Waals surface area contributed by atoms with Crippen LogP contribution in [0.3, 0.4) is 0 Å². The number of aliphatic hydroxyl groups is 1. The van der Waals surface area contributed by atoms with E-state index in [1.807, 2.05) is 25.3 Å². The molecule has 1 aliphatic rings. The number of nitrogens with one attached hydrogen (secondary N) is 1. The third-order valence-electron chi connectivity index (χ3n) is 5.95. The van der Waals surface area contributed by atoms with Gasteiger partial charge in [-0.15, -0.1) is 0 Å². The second kappa shape index (κ2) is 9.05. The predicted molar refractivity (Wildman–Crippen MR) is 131 cm³/mol. The van der Waals surface area contributed by atoms with E-state index in [0.717, 1.165) is 30.0 Å². The lowest BCUT2D eigenvalue weighted by Crippen LogP contribution is -2.36. The number of amides is 1. The molecule has 1 saturated heterocycles. The van der Waals surface area contributed by atoms with Crippen molar-refractivity contribution in [2.45, 2.75) is 26.4 Å². The summed E-state index contributed by atoms with van der Waals surface area (Å²) in [6.07, 6.45) is 6.64. The predicted octanol–water partition coefficient (Wildman–Crippen LogP) is 2.81. The van der Waals surface area contributed by atoms with Crippen LogP contribution in [0.5, 0.6) is 0 Å². The van der Waals surface area contributed by atoms with Crippen molar-refractivity contribution in [2.75, 3.05) is 36.5 Å². The molecule has 0 atom stereocenters. The molecule has 4 aromatic rings. The summed E-state index contributed by atoms with van der Waals surface area (Å²) in [7, 11) is 0. The Morgan fingerprint density at radius 2 is 1.89 bits per heavy atom. The van der Waals surface area contributed by atoms with Crippen molar-refractivity contribution in [1.29, 1.82) is 0 Å². The van der Waals surface area contributed by atoms with Gasteiger partial charge in [-0.05, 0) is 45.0 Å². The average molecular weight is 474 g/mol. The van der Waals surface area contributed by atoms with Gasteiger partial charge >= 0.3 is 0 Å². The molecule has 35 heavy (non-hydrogen) atoms. The number of carbonyl (C=O) groups excluding carboxylic acids is 1. The van der Waals surface area contributed by atoms with Gasteiger partial charge in [0.25, 0.3) is 5.91 Å². The van der Waals surface area contributed by atoms with Crippen molar-refractivity contribution in [3.8, 4) is 11.3 Å². The van der Waals surface area contributed by atoms with Gasteiger partial charge in [0.2, 0.25) is 0 Å². The second-order valence-electron chi connectivity index (χ2n) is 8.98. The Bertz CT molecular complexity index is 1370. The number of nitrogens with zero attached hydrogens (tertiary/aromatic N) is 6. The van der Waals surface area contributed by atoms with Crippen LogP contribution in [0.25, 0.3) is 16.9 Å². The monoisotopic (exact) mass is 473 g/mol. The zero-order valence-electron chi connectivity index (χ0n) is 19.9. The first-order chi connectivity index (χ1) is 16.8. The quantitative estimate of drug-likeness (QED) is 0.454. The van der Waals surface area contributed by atoms with Crippen LogP contribution in [0, 0.1) is 6.92 Å². The first-order valence-electron chi connectivity index (χ1n) is 11.4. The third-order valence-corrected chi connectivity index (χ3v) is 5.95. The number of rotatable bonds is 5. The van der Waals surface area contributed by atoms with Gasteiger partial charge in [0.05, 0.1) is 36.0 Å². The lowest BCUT2D eigenvalue weighted by molar-refractivity contribution is 0.0744. The fourth-order valence-electron chi connectivity index (χ4n) is 4.19. The summed E-state index contributed by atoms with van der Waals surface area (Å²) >= 11 is 0. The molecular formula is C25H27N7O3. The standard InChI is InChI=1S/C25H27N7O3/c1-16-18(19-15-21(31-10-12-35-13-11-31)23-27-8-9-32(23)30-19)14-20(22(28-16)25(2,3)34)29-24(33)17-4-6-26-7-5-17/h4-9,14-15,34H,10-13H2,1-3H3,(H,29,33). The molecule has 2 N–H and O–H groups in total. The zero-order chi connectivity index (χ0) is 24.6. The molecule has 5 rings (SSSR count). The van der Waals surface area contributed by atoms with E-state index in [1.54, 1.807) is 49.1 Å². The van der Waals surface area contributed by atoms with Crippen LogP contribution in [0.1, 0.15) is 35.6 Å². The highest BCUT2D eigenvalue weighted by molar-refractivity contribution is 6.04. The van der Waals surface area contributed by atoms with Crippen molar-refractivity contribution in [3.05, 3.63) is 66.0 Å². The summed E-state index contributed by atoms with van der Waals surface area (Å²) in [5.74, 6) is -0.318. The molecule has 0 unspecified atom stereocenters. The van der Waals surface area contributed by atoms with E-state index in [9.17, 15) is 9.90 Å². The maximum Gasteiger partial charge on any atom is 0.255 e. The molecule has 0 aliphatic carbocycles. The molecule has 10 heteroatoms. The van der Waals surface area contributed by atoms with Crippen LogP contribution in [0.15, 0.2) is 49.1 Å². The highest BCUT2D eigenvalue weighted by Gasteiger charge is 2.26. The SMILES string of the molecule is Cc1nc(C(C)(C)O)c(NC(=O)c2ccncc2)cc1-c1cc(N2CCOCC2)c2nccn2n1. The third kappa shape index (κ3) is 4.58. The number of fused-ring (bicyclic) bond motifs is 1. The first kappa shape index (κ1) is 22.9. The van der Waals surface area contributed by atoms with Crippen LogP contribution in [0.4, 0.5) is 11.4 Å². The van der Waals surface area contributed by atoms with Gasteiger partial charge in [-0.1, -0.05) is 0 Å². The number of hydrogen-bond donors (Lipinski definition) is 2. The fourth-order valence-corrected chi connectivity index (χ4v) is 4.19. The smallest absolute Gasteiger partial charge is 0.255 e. The molecule has 10 nitrogen and oxygen atoms in total. The van der Waals surface area contributed by atoms with E-state index in [1.165, 1.54) is 0 Å². The first-order valence-corrected chi connectivity index (χ1v) is 11.4. The molecule has 0 saturated carbocycles. The molecule has 0 bridgehead atoms. The van der Waals surface area contributed by atoms with Gasteiger partial charge in [-0.25, -0.2) is 9.50 Å². The average Bonchev–Trinajstić information content (AvgIpc) is 3.33. The van der Waals surface area contributed by atoms with Crippen LogP contribution in [-0.4, -0.2) is 61.9 Å². The number of ether oxygens (including phenoxy) is 1. The molecule has 4 aromatic heterocycles. The molecule has 1 fully saturated rings. The number of carbonyl (C=O) groups is 1. The lowest BCUT2D eigenvalue weighted by atomic mass is 9.99.